The lowest BCUT2D eigenvalue weighted by Gasteiger charge is -2.21. The highest BCUT2D eigenvalue weighted by Gasteiger charge is 2.37. The van der Waals surface area contributed by atoms with Crippen molar-refractivity contribution < 1.29 is 19.4 Å². The van der Waals surface area contributed by atoms with Gasteiger partial charge in [-0.1, -0.05) is 60.7 Å². The first-order valence-electron chi connectivity index (χ1n) is 9.84. The number of carbonyl (C=O) groups is 2. The smallest absolute Gasteiger partial charge is 0.322 e. The van der Waals surface area contributed by atoms with E-state index in [4.69, 9.17) is 15.7 Å². The Morgan fingerprint density at radius 2 is 1.61 bits per heavy atom. The maximum atomic E-state index is 12.8. The zero-order chi connectivity index (χ0) is 22.0. The van der Waals surface area contributed by atoms with E-state index in [0.717, 1.165) is 22.3 Å². The van der Waals surface area contributed by atoms with Crippen LogP contribution in [-0.2, 0) is 14.3 Å². The minimum atomic E-state index is -1.58. The molecule has 6 nitrogen and oxygen atoms in total. The number of hydrogen-bond donors (Lipinski definition) is 2. The van der Waals surface area contributed by atoms with E-state index in [0.29, 0.717) is 11.1 Å². The number of carboxylic acids is 1. The quantitative estimate of drug-likeness (QED) is 0.472. The van der Waals surface area contributed by atoms with Crippen molar-refractivity contribution in [2.75, 3.05) is 6.61 Å². The van der Waals surface area contributed by atoms with Crippen molar-refractivity contribution in [3.05, 3.63) is 95.1 Å². The normalized spacial score (nSPS) is 14.1. The van der Waals surface area contributed by atoms with Crippen molar-refractivity contribution in [2.24, 2.45) is 11.7 Å². The van der Waals surface area contributed by atoms with Crippen LogP contribution in [0.5, 0.6) is 0 Å². The molecule has 1 aliphatic carbocycles. The van der Waals surface area contributed by atoms with Crippen molar-refractivity contribution in [3.63, 3.8) is 0 Å². The highest BCUT2D eigenvalue weighted by molar-refractivity contribution is 5.95. The van der Waals surface area contributed by atoms with Crippen LogP contribution in [0.2, 0.25) is 0 Å². The van der Waals surface area contributed by atoms with Gasteiger partial charge in [0.1, 0.15) is 6.61 Å². The molecule has 0 spiro atoms. The molecule has 0 heterocycles. The molecule has 0 saturated heterocycles. The number of nitrogens with two attached hydrogens (primary N) is 1. The highest BCUT2D eigenvalue weighted by atomic mass is 16.5. The number of rotatable bonds is 6. The molecule has 3 aromatic rings. The summed E-state index contributed by atoms with van der Waals surface area (Å²) in [6.45, 7) is 0.0155. The summed E-state index contributed by atoms with van der Waals surface area (Å²) in [6.07, 6.45) is 0. The fourth-order valence-corrected chi connectivity index (χ4v) is 4.10. The number of carbonyl (C=O) groups excluding carboxylic acids is 1. The van der Waals surface area contributed by atoms with Gasteiger partial charge in [0, 0.05) is 5.92 Å². The molecule has 0 radical (unpaired) electrons. The molecule has 4 rings (SSSR count). The van der Waals surface area contributed by atoms with Gasteiger partial charge in [0.05, 0.1) is 17.7 Å². The number of fused-ring (bicyclic) bond motifs is 3. The summed E-state index contributed by atoms with van der Waals surface area (Å²) in [5, 5.41) is 18.7. The molecule has 6 heteroatoms. The highest BCUT2D eigenvalue weighted by Crippen LogP contribution is 2.44. The van der Waals surface area contributed by atoms with E-state index >= 15 is 0 Å². The van der Waals surface area contributed by atoms with Gasteiger partial charge in [-0.3, -0.25) is 9.59 Å². The van der Waals surface area contributed by atoms with E-state index in [1.165, 1.54) is 6.07 Å². The molecule has 3 N–H and O–H groups in total. The predicted molar refractivity (Wildman–Crippen MR) is 114 cm³/mol. The third-order valence-corrected chi connectivity index (χ3v) is 5.63. The molecular weight excluding hydrogens is 392 g/mol. The van der Waals surface area contributed by atoms with Crippen molar-refractivity contribution in [3.8, 4) is 17.2 Å². The van der Waals surface area contributed by atoms with Gasteiger partial charge in [-0.2, -0.15) is 5.26 Å². The van der Waals surface area contributed by atoms with Crippen LogP contribution < -0.4 is 5.73 Å². The molecule has 0 amide bonds. The van der Waals surface area contributed by atoms with Gasteiger partial charge in [-0.15, -0.1) is 0 Å². The summed E-state index contributed by atoms with van der Waals surface area (Å²) >= 11 is 0. The second kappa shape index (κ2) is 8.42. The molecular formula is C25H20N2O4. The molecule has 3 aromatic carbocycles. The SMILES string of the molecule is N#Cc1cccc(C(N)[C@@H](C(=O)O)C(=O)OCC2c3ccccc3-c3ccccc32)c1. The number of benzene rings is 3. The van der Waals surface area contributed by atoms with E-state index < -0.39 is 23.9 Å². The summed E-state index contributed by atoms with van der Waals surface area (Å²) in [6, 6.07) is 22.9. The Morgan fingerprint density at radius 3 is 2.19 bits per heavy atom. The number of aliphatic carboxylic acids is 1. The average molecular weight is 412 g/mol. The molecule has 0 aromatic heterocycles. The van der Waals surface area contributed by atoms with Gasteiger partial charge >= 0.3 is 11.9 Å². The third-order valence-electron chi connectivity index (χ3n) is 5.63. The topological polar surface area (TPSA) is 113 Å². The van der Waals surface area contributed by atoms with Crippen LogP contribution in [-0.4, -0.2) is 23.7 Å². The number of nitrogens with zero attached hydrogens (tertiary/aromatic N) is 1. The average Bonchev–Trinajstić information content (AvgIpc) is 3.11. The van der Waals surface area contributed by atoms with Gasteiger partial charge in [0.2, 0.25) is 0 Å². The van der Waals surface area contributed by atoms with Crippen LogP contribution in [0, 0.1) is 17.2 Å². The summed E-state index contributed by atoms with van der Waals surface area (Å²) in [5.74, 6) is -4.03. The molecule has 154 valence electrons. The fraction of sp³-hybridized carbons (Fsp3) is 0.160. The lowest BCUT2D eigenvalue weighted by molar-refractivity contribution is -0.160. The Hall–Kier alpha value is -3.95. The molecule has 0 saturated carbocycles. The number of esters is 1. The minimum absolute atomic E-state index is 0.0155. The van der Waals surface area contributed by atoms with Crippen LogP contribution in [0.15, 0.2) is 72.8 Å². The summed E-state index contributed by atoms with van der Waals surface area (Å²) in [7, 11) is 0. The summed E-state index contributed by atoms with van der Waals surface area (Å²) in [4.78, 5) is 24.6. The van der Waals surface area contributed by atoms with Crippen molar-refractivity contribution in [2.45, 2.75) is 12.0 Å². The van der Waals surface area contributed by atoms with Gasteiger partial charge in [-0.05, 0) is 39.9 Å². The van der Waals surface area contributed by atoms with Gasteiger partial charge in [-0.25, -0.2) is 0 Å². The number of carboxylic acid groups (broad SMARTS) is 1. The van der Waals surface area contributed by atoms with Crippen molar-refractivity contribution in [1.82, 2.24) is 0 Å². The third kappa shape index (κ3) is 3.79. The predicted octanol–water partition coefficient (Wildman–Crippen LogP) is 3.61. The monoisotopic (exact) mass is 412 g/mol. The maximum Gasteiger partial charge on any atom is 0.322 e. The molecule has 0 fully saturated rings. The first kappa shape index (κ1) is 20.3. The Bertz CT molecular complexity index is 1150. The number of hydrogen-bond acceptors (Lipinski definition) is 5. The van der Waals surface area contributed by atoms with Crippen LogP contribution in [0.1, 0.15) is 34.2 Å². The zero-order valence-corrected chi connectivity index (χ0v) is 16.6. The standard InChI is InChI=1S/C25H20N2O4/c26-13-15-6-5-7-16(12-15)23(27)22(24(28)29)25(30)31-14-21-19-10-3-1-8-17(19)18-9-2-4-11-20(18)21/h1-12,21-23H,14,27H2,(H,28,29)/t22-,23?/m0/s1. The Kier molecular flexibility index (Phi) is 5.52. The second-order valence-electron chi connectivity index (χ2n) is 7.44. The summed E-state index contributed by atoms with van der Waals surface area (Å²) in [5.41, 5.74) is 11.1. The lowest BCUT2D eigenvalue weighted by Crippen LogP contribution is -2.36. The molecule has 0 aliphatic heterocycles. The zero-order valence-electron chi connectivity index (χ0n) is 16.6. The molecule has 31 heavy (non-hydrogen) atoms. The van der Waals surface area contributed by atoms with Crippen molar-refractivity contribution in [1.29, 1.82) is 5.26 Å². The fourth-order valence-electron chi connectivity index (χ4n) is 4.10. The van der Waals surface area contributed by atoms with E-state index in [1.807, 2.05) is 54.6 Å². The number of ether oxygens (including phenoxy) is 1. The Morgan fingerprint density at radius 1 is 1.00 bits per heavy atom. The van der Waals surface area contributed by atoms with Crippen LogP contribution in [0.3, 0.4) is 0 Å². The first-order valence-corrected chi connectivity index (χ1v) is 9.84. The largest absolute Gasteiger partial charge is 0.481 e. The van der Waals surface area contributed by atoms with E-state index in [9.17, 15) is 14.7 Å². The Balaban J connectivity index is 1.55. The van der Waals surface area contributed by atoms with Crippen molar-refractivity contribution >= 4 is 11.9 Å². The maximum absolute atomic E-state index is 12.8. The molecule has 2 atom stereocenters. The van der Waals surface area contributed by atoms with Gasteiger partial charge < -0.3 is 15.6 Å². The second-order valence-corrected chi connectivity index (χ2v) is 7.44. The van der Waals surface area contributed by atoms with Gasteiger partial charge in [0.25, 0.3) is 0 Å². The van der Waals surface area contributed by atoms with Crippen LogP contribution in [0.4, 0.5) is 0 Å². The summed E-state index contributed by atoms with van der Waals surface area (Å²) < 4.78 is 5.50. The first-order chi connectivity index (χ1) is 15.0. The van der Waals surface area contributed by atoms with E-state index in [1.54, 1.807) is 18.2 Å². The van der Waals surface area contributed by atoms with E-state index in [-0.39, 0.29) is 12.5 Å². The minimum Gasteiger partial charge on any atom is -0.481 e. The Labute approximate surface area is 179 Å². The lowest BCUT2D eigenvalue weighted by atomic mass is 9.92. The number of nitriles is 1. The van der Waals surface area contributed by atoms with E-state index in [2.05, 4.69) is 0 Å². The molecule has 1 aliphatic rings. The van der Waals surface area contributed by atoms with Crippen LogP contribution in [0.25, 0.3) is 11.1 Å². The van der Waals surface area contributed by atoms with Crippen LogP contribution >= 0.6 is 0 Å². The molecule has 1 unspecified atom stereocenters. The van der Waals surface area contributed by atoms with Gasteiger partial charge in [0.15, 0.2) is 5.92 Å². The molecule has 0 bridgehead atoms.